The van der Waals surface area contributed by atoms with E-state index in [-0.39, 0.29) is 11.5 Å². The van der Waals surface area contributed by atoms with Crippen LogP contribution in [0.2, 0.25) is 0 Å². The van der Waals surface area contributed by atoms with Gasteiger partial charge in [0.05, 0.1) is 16.8 Å². The second-order valence-electron chi connectivity index (χ2n) is 5.05. The summed E-state index contributed by atoms with van der Waals surface area (Å²) in [5, 5.41) is 15.7. The molecule has 8 heteroatoms. The van der Waals surface area contributed by atoms with Crippen LogP contribution in [-0.4, -0.2) is 19.5 Å². The van der Waals surface area contributed by atoms with Crippen LogP contribution in [0, 0.1) is 15.9 Å². The minimum Gasteiger partial charge on any atom is -0.258 e. The van der Waals surface area contributed by atoms with E-state index in [4.69, 9.17) is 0 Å². The Hall–Kier alpha value is -3.13. The third-order valence-corrected chi connectivity index (χ3v) is 4.46. The fourth-order valence-corrected chi connectivity index (χ4v) is 3.27. The number of rotatable bonds is 3. The van der Waals surface area contributed by atoms with E-state index in [9.17, 15) is 14.5 Å². The van der Waals surface area contributed by atoms with Crippen LogP contribution in [-0.2, 0) is 0 Å². The summed E-state index contributed by atoms with van der Waals surface area (Å²) >= 11 is 1.26. The number of nitro benzene ring substituents is 1. The molecule has 2 heterocycles. The highest BCUT2D eigenvalue weighted by molar-refractivity contribution is 7.19. The molecule has 0 bridgehead atoms. The smallest absolute Gasteiger partial charge is 0.258 e. The van der Waals surface area contributed by atoms with Crippen LogP contribution in [0.25, 0.3) is 26.8 Å². The zero-order valence-corrected chi connectivity index (χ0v) is 12.9. The summed E-state index contributed by atoms with van der Waals surface area (Å²) in [6.45, 7) is 0. The maximum absolute atomic E-state index is 13.8. The van der Waals surface area contributed by atoms with Crippen molar-refractivity contribution in [2.45, 2.75) is 0 Å². The lowest BCUT2D eigenvalue weighted by Crippen LogP contribution is -1.88. The molecule has 4 aromatic rings. The van der Waals surface area contributed by atoms with Crippen molar-refractivity contribution in [3.05, 3.63) is 70.7 Å². The van der Waals surface area contributed by atoms with E-state index in [0.717, 1.165) is 0 Å². The van der Waals surface area contributed by atoms with E-state index >= 15 is 0 Å². The molecule has 24 heavy (non-hydrogen) atoms. The minimum atomic E-state index is -0.448. The summed E-state index contributed by atoms with van der Waals surface area (Å²) in [6, 6.07) is 12.7. The summed E-state index contributed by atoms with van der Waals surface area (Å²) in [6.07, 6.45) is 1.68. The number of benzene rings is 2. The lowest BCUT2D eigenvalue weighted by atomic mass is 10.1. The predicted molar refractivity (Wildman–Crippen MR) is 88.3 cm³/mol. The zero-order valence-electron chi connectivity index (χ0n) is 12.1. The average Bonchev–Trinajstić information content (AvgIpc) is 3.14. The van der Waals surface area contributed by atoms with Gasteiger partial charge in [0.25, 0.3) is 5.69 Å². The molecule has 0 fully saturated rings. The lowest BCUT2D eigenvalue weighted by molar-refractivity contribution is -0.384. The number of nitro groups is 1. The molecule has 0 radical (unpaired) electrons. The third-order valence-electron chi connectivity index (χ3n) is 3.50. The Bertz CT molecular complexity index is 1040. The quantitative estimate of drug-likeness (QED) is 0.414. The van der Waals surface area contributed by atoms with E-state index in [1.165, 1.54) is 29.5 Å². The van der Waals surface area contributed by atoms with Crippen LogP contribution < -0.4 is 0 Å². The first-order chi connectivity index (χ1) is 11.6. The van der Waals surface area contributed by atoms with Crippen LogP contribution >= 0.6 is 11.3 Å². The number of non-ortho nitro benzene ring substituents is 1. The molecule has 0 spiro atoms. The van der Waals surface area contributed by atoms with Gasteiger partial charge in [0.2, 0.25) is 4.96 Å². The van der Waals surface area contributed by atoms with E-state index in [0.29, 0.717) is 26.8 Å². The molecule has 0 saturated carbocycles. The molecule has 0 amide bonds. The molecule has 0 saturated heterocycles. The Balaban J connectivity index is 1.76. The van der Waals surface area contributed by atoms with E-state index in [1.54, 1.807) is 41.0 Å². The largest absolute Gasteiger partial charge is 0.270 e. The zero-order chi connectivity index (χ0) is 16.7. The first-order valence-corrected chi connectivity index (χ1v) is 7.79. The Morgan fingerprint density at radius 2 is 2.00 bits per heavy atom. The molecule has 2 aromatic heterocycles. The normalized spacial score (nSPS) is 11.0. The molecule has 0 aliphatic rings. The van der Waals surface area contributed by atoms with Crippen LogP contribution in [0.15, 0.2) is 54.7 Å². The molecule has 118 valence electrons. The molecule has 0 unspecified atom stereocenters. The standard InChI is InChI=1S/C16H9FN4O2S/c17-13-7-2-1-6-12(13)15-19-20-9-14(18-16(20)24-15)10-4-3-5-11(8-10)21(22)23/h1-9H. The number of hydrogen-bond donors (Lipinski definition) is 0. The van der Waals surface area contributed by atoms with Crippen LogP contribution in [0.3, 0.4) is 0 Å². The van der Waals surface area contributed by atoms with Crippen molar-refractivity contribution in [2.75, 3.05) is 0 Å². The third kappa shape index (κ3) is 2.42. The Morgan fingerprint density at radius 3 is 2.75 bits per heavy atom. The highest BCUT2D eigenvalue weighted by atomic mass is 32.1. The minimum absolute atomic E-state index is 0.00357. The first kappa shape index (κ1) is 14.5. The van der Waals surface area contributed by atoms with Crippen LogP contribution in [0.5, 0.6) is 0 Å². The number of imidazole rings is 1. The van der Waals surface area contributed by atoms with Crippen molar-refractivity contribution in [3.8, 4) is 21.8 Å². The van der Waals surface area contributed by atoms with Gasteiger partial charge in [-0.15, -0.1) is 0 Å². The number of hydrogen-bond acceptors (Lipinski definition) is 5. The Kier molecular flexibility index (Phi) is 3.31. The summed E-state index contributed by atoms with van der Waals surface area (Å²) in [5.74, 6) is -0.339. The highest BCUT2D eigenvalue weighted by Crippen LogP contribution is 2.30. The fraction of sp³-hybridized carbons (Fsp3) is 0. The molecule has 0 aliphatic heterocycles. The van der Waals surface area contributed by atoms with Gasteiger partial charge in [-0.05, 0) is 12.1 Å². The second-order valence-corrected chi connectivity index (χ2v) is 6.00. The molecule has 2 aromatic carbocycles. The van der Waals surface area contributed by atoms with Gasteiger partial charge in [-0.25, -0.2) is 13.9 Å². The Labute approximate surface area is 139 Å². The van der Waals surface area contributed by atoms with Crippen molar-refractivity contribution >= 4 is 22.0 Å². The highest BCUT2D eigenvalue weighted by Gasteiger charge is 2.15. The lowest BCUT2D eigenvalue weighted by Gasteiger charge is -1.97. The molecule has 0 atom stereocenters. The summed E-state index contributed by atoms with van der Waals surface area (Å²) in [4.78, 5) is 15.5. The maximum Gasteiger partial charge on any atom is 0.270 e. The Morgan fingerprint density at radius 1 is 1.17 bits per heavy atom. The average molecular weight is 340 g/mol. The fourth-order valence-electron chi connectivity index (χ4n) is 2.36. The maximum atomic E-state index is 13.8. The predicted octanol–water partition coefficient (Wildman–Crippen LogP) is 4.17. The number of fused-ring (bicyclic) bond motifs is 1. The topological polar surface area (TPSA) is 73.3 Å². The van der Waals surface area contributed by atoms with Crippen molar-refractivity contribution in [2.24, 2.45) is 0 Å². The van der Waals surface area contributed by atoms with Crippen molar-refractivity contribution in [1.29, 1.82) is 0 Å². The van der Waals surface area contributed by atoms with Gasteiger partial charge in [-0.1, -0.05) is 35.6 Å². The van der Waals surface area contributed by atoms with Gasteiger partial charge in [-0.3, -0.25) is 10.1 Å². The van der Waals surface area contributed by atoms with Gasteiger partial charge >= 0.3 is 0 Å². The number of nitrogens with zero attached hydrogens (tertiary/aromatic N) is 4. The molecule has 4 rings (SSSR count). The van der Waals surface area contributed by atoms with E-state index in [2.05, 4.69) is 10.1 Å². The van der Waals surface area contributed by atoms with Gasteiger partial charge in [0, 0.05) is 23.3 Å². The first-order valence-electron chi connectivity index (χ1n) is 6.98. The molecular weight excluding hydrogens is 331 g/mol. The summed E-state index contributed by atoms with van der Waals surface area (Å²) in [5.41, 5.74) is 1.64. The monoisotopic (exact) mass is 340 g/mol. The van der Waals surface area contributed by atoms with Crippen molar-refractivity contribution < 1.29 is 9.31 Å². The van der Waals surface area contributed by atoms with E-state index in [1.807, 2.05) is 0 Å². The summed E-state index contributed by atoms with van der Waals surface area (Å²) in [7, 11) is 0. The summed E-state index contributed by atoms with van der Waals surface area (Å²) < 4.78 is 15.4. The number of halogens is 1. The second kappa shape index (κ2) is 5.50. The van der Waals surface area contributed by atoms with Gasteiger partial charge in [0.15, 0.2) is 5.01 Å². The molecular formula is C16H9FN4O2S. The van der Waals surface area contributed by atoms with Crippen molar-refractivity contribution in [1.82, 2.24) is 14.6 Å². The van der Waals surface area contributed by atoms with Gasteiger partial charge in [0.1, 0.15) is 5.82 Å². The van der Waals surface area contributed by atoms with Crippen LogP contribution in [0.4, 0.5) is 10.1 Å². The number of aromatic nitrogens is 3. The van der Waals surface area contributed by atoms with E-state index < -0.39 is 4.92 Å². The van der Waals surface area contributed by atoms with Gasteiger partial charge in [-0.2, -0.15) is 5.10 Å². The van der Waals surface area contributed by atoms with Crippen LogP contribution in [0.1, 0.15) is 0 Å². The van der Waals surface area contributed by atoms with Gasteiger partial charge < -0.3 is 0 Å². The molecule has 0 N–H and O–H groups in total. The SMILES string of the molecule is O=[N+]([O-])c1cccc(-c2cn3nc(-c4ccccc4F)sc3n2)c1. The molecule has 0 aliphatic carbocycles. The van der Waals surface area contributed by atoms with Crippen molar-refractivity contribution in [3.63, 3.8) is 0 Å². The molecule has 6 nitrogen and oxygen atoms in total.